The van der Waals surface area contributed by atoms with Gasteiger partial charge >= 0.3 is 0 Å². The Kier molecular flexibility index (Phi) is 1.46. The monoisotopic (exact) mass is 230 g/mol. The smallest absolute Gasteiger partial charge is 0.104 e. The van der Waals surface area contributed by atoms with Gasteiger partial charge in [0.05, 0.1) is 6.21 Å². The molecule has 1 aromatic heterocycles. The van der Waals surface area contributed by atoms with E-state index in [0.717, 1.165) is 11.1 Å². The van der Waals surface area contributed by atoms with Crippen molar-refractivity contribution in [2.45, 2.75) is 4.90 Å². The molecule has 0 amide bonds. The lowest BCUT2D eigenvalue weighted by atomic mass is 10.1. The highest BCUT2D eigenvalue weighted by Crippen LogP contribution is 2.27. The molecule has 0 N–H and O–H groups in total. The third-order valence-electron chi connectivity index (χ3n) is 2.77. The van der Waals surface area contributed by atoms with Gasteiger partial charge < -0.3 is 0 Å². The Bertz CT molecular complexity index is 715. The maximum atomic E-state index is 4.23. The normalized spacial score (nSPS) is 16.3. The van der Waals surface area contributed by atoms with E-state index in [1.165, 1.54) is 25.8 Å². The number of hydrogen-bond donors (Lipinski definition) is 0. The third kappa shape index (κ3) is 0.910. The number of nitrogens with zero attached hydrogens (tertiary/aromatic N) is 2. The number of hydrogen-bond acceptors (Lipinski definition) is 4. The average Bonchev–Trinajstić information content (AvgIpc) is 2.97. The Morgan fingerprint density at radius 2 is 2.33 bits per heavy atom. The summed E-state index contributed by atoms with van der Waals surface area (Å²) in [5, 5.41) is 14.1. The number of benzene rings is 1. The van der Waals surface area contributed by atoms with Crippen molar-refractivity contribution < 1.29 is 0 Å². The van der Waals surface area contributed by atoms with Gasteiger partial charge in [-0.1, -0.05) is 6.08 Å². The molecule has 4 heteroatoms. The third-order valence-corrected chi connectivity index (χ3v) is 4.78. The molecule has 0 saturated carbocycles. The Morgan fingerprint density at radius 1 is 1.33 bits per heavy atom. The summed E-state index contributed by atoms with van der Waals surface area (Å²) in [4.78, 5) is 1.37. The molecular weight excluding hydrogens is 224 g/mol. The molecule has 0 bridgehead atoms. The minimum atomic E-state index is 1.06. The van der Waals surface area contributed by atoms with Crippen LogP contribution in [0.5, 0.6) is 0 Å². The number of fused-ring (bicyclic) bond motifs is 6. The number of thioether (sulfide) groups is 1. The number of rotatable bonds is 0. The molecule has 0 atom stereocenters. The molecule has 0 radical (unpaired) electrons. The first-order valence-electron chi connectivity index (χ1n) is 4.72. The van der Waals surface area contributed by atoms with Crippen LogP contribution in [0.4, 0.5) is 0 Å². The van der Waals surface area contributed by atoms with Gasteiger partial charge in [0.25, 0.3) is 0 Å². The van der Waals surface area contributed by atoms with E-state index in [0.29, 0.717) is 0 Å². The van der Waals surface area contributed by atoms with Gasteiger partial charge in [0, 0.05) is 31.5 Å². The fraction of sp³-hybridized carbons (Fsp3) is 0.0909. The molecule has 72 valence electrons. The predicted octanol–water partition coefficient (Wildman–Crippen LogP) is 1.75. The van der Waals surface area contributed by atoms with Crippen molar-refractivity contribution in [3.63, 3.8) is 0 Å². The standard InChI is InChI=1S/C11H6N2S2/c1-3-14-10-6(1)9-8(5-12-13-9)11-7(10)2-4-15-11/h1-3,5H,4H2. The van der Waals surface area contributed by atoms with E-state index in [2.05, 4.69) is 27.7 Å². The van der Waals surface area contributed by atoms with Gasteiger partial charge in [-0.05, 0) is 11.4 Å². The van der Waals surface area contributed by atoms with E-state index in [1.54, 1.807) is 11.3 Å². The topological polar surface area (TPSA) is 24.7 Å². The van der Waals surface area contributed by atoms with Crippen LogP contribution in [0.15, 0.2) is 26.5 Å². The maximum absolute atomic E-state index is 4.23. The van der Waals surface area contributed by atoms with Crippen LogP contribution in [0.25, 0.3) is 16.2 Å². The summed E-state index contributed by atoms with van der Waals surface area (Å²) in [5.74, 6) is 1.08. The van der Waals surface area contributed by atoms with Crippen molar-refractivity contribution in [3.8, 4) is 0 Å². The van der Waals surface area contributed by atoms with Crippen molar-refractivity contribution in [1.29, 1.82) is 0 Å². The SMILES string of the molecule is C1=NN=c2c1c1c(c3sccc23)=CCS1. The van der Waals surface area contributed by atoms with Gasteiger partial charge in [-0.2, -0.15) is 5.10 Å². The molecule has 0 aliphatic carbocycles. The lowest BCUT2D eigenvalue weighted by Crippen LogP contribution is -2.15. The highest BCUT2D eigenvalue weighted by molar-refractivity contribution is 8.00. The molecule has 0 fully saturated rings. The molecule has 2 aliphatic rings. The second-order valence-electron chi connectivity index (χ2n) is 3.53. The first kappa shape index (κ1) is 8.07. The predicted molar refractivity (Wildman–Crippen MR) is 65.4 cm³/mol. The minimum absolute atomic E-state index is 1.06. The molecule has 2 aliphatic heterocycles. The van der Waals surface area contributed by atoms with E-state index in [9.17, 15) is 0 Å². The van der Waals surface area contributed by atoms with Crippen molar-refractivity contribution in [2.24, 2.45) is 10.2 Å². The van der Waals surface area contributed by atoms with Crippen LogP contribution >= 0.6 is 23.1 Å². The highest BCUT2D eigenvalue weighted by atomic mass is 32.2. The Morgan fingerprint density at radius 3 is 3.33 bits per heavy atom. The summed E-state index contributed by atoms with van der Waals surface area (Å²) in [5.41, 5.74) is 1.22. The van der Waals surface area contributed by atoms with E-state index in [1.807, 2.05) is 18.0 Å². The van der Waals surface area contributed by atoms with E-state index < -0.39 is 0 Å². The molecule has 2 aromatic rings. The summed E-state index contributed by atoms with van der Waals surface area (Å²) in [6.07, 6.45) is 4.20. The van der Waals surface area contributed by atoms with Crippen molar-refractivity contribution in [3.05, 3.63) is 27.6 Å². The number of thiophene rings is 1. The van der Waals surface area contributed by atoms with Gasteiger partial charge in [-0.25, -0.2) is 0 Å². The Hall–Kier alpha value is -1.13. The molecule has 3 heterocycles. The second kappa shape index (κ2) is 2.71. The van der Waals surface area contributed by atoms with Crippen LogP contribution in [0, 0.1) is 0 Å². The van der Waals surface area contributed by atoms with Gasteiger partial charge in [0.2, 0.25) is 0 Å². The zero-order valence-electron chi connectivity index (χ0n) is 7.73. The quantitative estimate of drug-likeness (QED) is 0.677. The lowest BCUT2D eigenvalue weighted by molar-refractivity contribution is 1.19. The first-order valence-corrected chi connectivity index (χ1v) is 6.59. The fourth-order valence-corrected chi connectivity index (χ4v) is 4.20. The second-order valence-corrected chi connectivity index (χ2v) is 5.47. The van der Waals surface area contributed by atoms with Gasteiger partial charge in [-0.3, -0.25) is 0 Å². The van der Waals surface area contributed by atoms with E-state index in [-0.39, 0.29) is 0 Å². The largest absolute Gasteiger partial charge is 0.158 e. The van der Waals surface area contributed by atoms with Crippen LogP contribution in [0.3, 0.4) is 0 Å². The van der Waals surface area contributed by atoms with Crippen LogP contribution in [-0.4, -0.2) is 12.0 Å². The highest BCUT2D eigenvalue weighted by Gasteiger charge is 2.17. The summed E-state index contributed by atoms with van der Waals surface area (Å²) in [7, 11) is 0. The van der Waals surface area contributed by atoms with Crippen LogP contribution in [-0.2, 0) is 0 Å². The van der Waals surface area contributed by atoms with Crippen molar-refractivity contribution in [2.75, 3.05) is 5.75 Å². The Balaban J connectivity index is 2.43. The molecule has 4 rings (SSSR count). The summed E-state index contributed by atoms with van der Waals surface area (Å²) in [6.45, 7) is 0. The zero-order chi connectivity index (χ0) is 9.83. The van der Waals surface area contributed by atoms with Gasteiger partial charge in [0.15, 0.2) is 0 Å². The van der Waals surface area contributed by atoms with Crippen LogP contribution in [0.1, 0.15) is 5.56 Å². The molecule has 15 heavy (non-hydrogen) atoms. The van der Waals surface area contributed by atoms with E-state index in [4.69, 9.17) is 0 Å². The van der Waals surface area contributed by atoms with Crippen LogP contribution < -0.4 is 10.6 Å². The molecular formula is C11H6N2S2. The summed E-state index contributed by atoms with van der Waals surface area (Å²) >= 11 is 3.69. The first-order chi connectivity index (χ1) is 7.45. The Labute approximate surface area is 94.0 Å². The zero-order valence-corrected chi connectivity index (χ0v) is 9.36. The lowest BCUT2D eigenvalue weighted by Gasteiger charge is -1.99. The average molecular weight is 230 g/mol. The van der Waals surface area contributed by atoms with E-state index >= 15 is 0 Å². The summed E-state index contributed by atoms with van der Waals surface area (Å²) < 4.78 is 1.36. The van der Waals surface area contributed by atoms with Crippen molar-refractivity contribution in [1.82, 2.24) is 0 Å². The minimum Gasteiger partial charge on any atom is -0.158 e. The molecule has 1 aromatic carbocycles. The van der Waals surface area contributed by atoms with Gasteiger partial charge in [0.1, 0.15) is 5.36 Å². The fourth-order valence-electron chi connectivity index (χ4n) is 2.13. The molecule has 0 saturated heterocycles. The molecule has 0 unspecified atom stereocenters. The van der Waals surface area contributed by atoms with Crippen LogP contribution in [0.2, 0.25) is 0 Å². The van der Waals surface area contributed by atoms with Gasteiger partial charge in [-0.15, -0.1) is 28.2 Å². The maximum Gasteiger partial charge on any atom is 0.104 e. The molecule has 0 spiro atoms. The molecule has 2 nitrogen and oxygen atoms in total. The summed E-state index contributed by atoms with van der Waals surface area (Å²) in [6, 6.07) is 2.15. The van der Waals surface area contributed by atoms with Crippen molar-refractivity contribution >= 4 is 45.5 Å².